The molecule has 2 unspecified atom stereocenters. The van der Waals surface area contributed by atoms with Crippen LogP contribution in [-0.2, 0) is 4.79 Å². The molecule has 3 amide bonds. The van der Waals surface area contributed by atoms with Crippen LogP contribution in [0.4, 0.5) is 4.79 Å². The molecule has 0 spiro atoms. The Bertz CT molecular complexity index is 406. The molecular formula is C18H33N3O2S. The van der Waals surface area contributed by atoms with Gasteiger partial charge in [0.1, 0.15) is 0 Å². The zero-order valence-corrected chi connectivity index (χ0v) is 15.8. The van der Waals surface area contributed by atoms with Crippen molar-refractivity contribution >= 4 is 23.7 Å². The third kappa shape index (κ3) is 6.54. The average Bonchev–Trinajstić information content (AvgIpc) is 3.10. The maximum Gasteiger partial charge on any atom is 0.315 e. The van der Waals surface area contributed by atoms with Gasteiger partial charge in [0.2, 0.25) is 5.91 Å². The Balaban J connectivity index is 1.43. The lowest BCUT2D eigenvalue weighted by Gasteiger charge is -2.16. The van der Waals surface area contributed by atoms with Gasteiger partial charge in [-0.3, -0.25) is 4.79 Å². The monoisotopic (exact) mass is 355 g/mol. The summed E-state index contributed by atoms with van der Waals surface area (Å²) in [5, 5.41) is 9.52. The molecule has 2 heterocycles. The summed E-state index contributed by atoms with van der Waals surface area (Å²) in [5.41, 5.74) is 0. The third-order valence-electron chi connectivity index (χ3n) is 4.93. The van der Waals surface area contributed by atoms with Gasteiger partial charge in [0, 0.05) is 24.0 Å². The zero-order valence-electron chi connectivity index (χ0n) is 14.9. The predicted molar refractivity (Wildman–Crippen MR) is 100 cm³/mol. The number of carbonyl (C=O) groups excluding carboxylic acids is 2. The predicted octanol–water partition coefficient (Wildman–Crippen LogP) is 3.19. The van der Waals surface area contributed by atoms with Gasteiger partial charge in [0.15, 0.2) is 0 Å². The Labute approximate surface area is 150 Å². The van der Waals surface area contributed by atoms with Crippen molar-refractivity contribution in [3.8, 4) is 0 Å². The van der Waals surface area contributed by atoms with Gasteiger partial charge in [-0.05, 0) is 19.3 Å². The lowest BCUT2D eigenvalue weighted by atomic mass is 10.0. The number of hydrogen-bond donors (Lipinski definition) is 3. The number of thioether (sulfide) groups is 1. The summed E-state index contributed by atoms with van der Waals surface area (Å²) in [6.07, 6.45) is 11.3. The Morgan fingerprint density at radius 3 is 2.75 bits per heavy atom. The van der Waals surface area contributed by atoms with Crippen molar-refractivity contribution in [2.24, 2.45) is 0 Å². The molecule has 0 bridgehead atoms. The van der Waals surface area contributed by atoms with E-state index in [2.05, 4.69) is 22.9 Å². The molecule has 0 aromatic heterocycles. The Kier molecular flexibility index (Phi) is 8.78. The van der Waals surface area contributed by atoms with Crippen molar-refractivity contribution in [1.29, 1.82) is 0 Å². The third-order valence-corrected chi connectivity index (χ3v) is 6.44. The summed E-state index contributed by atoms with van der Waals surface area (Å²) in [6.45, 7) is 3.05. The van der Waals surface area contributed by atoms with Gasteiger partial charge in [-0.2, -0.15) is 11.8 Å². The van der Waals surface area contributed by atoms with Crippen molar-refractivity contribution in [2.75, 3.05) is 12.3 Å². The first-order chi connectivity index (χ1) is 11.7. The van der Waals surface area contributed by atoms with Crippen LogP contribution in [-0.4, -0.2) is 41.6 Å². The minimum Gasteiger partial charge on any atom is -0.356 e. The molecule has 138 valence electrons. The second-order valence-corrected chi connectivity index (χ2v) is 8.26. The summed E-state index contributed by atoms with van der Waals surface area (Å²) in [7, 11) is 0. The molecule has 2 aliphatic rings. The number of hydrogen-bond acceptors (Lipinski definition) is 3. The maximum absolute atomic E-state index is 11.8. The molecule has 24 heavy (non-hydrogen) atoms. The highest BCUT2D eigenvalue weighted by Crippen LogP contribution is 2.33. The SMILES string of the molecule is CCCCCCCCNC(=O)CCCC[C@@H]1SCC2NC(=O)NC21. The first kappa shape index (κ1) is 19.4. The molecule has 3 N–H and O–H groups in total. The first-order valence-corrected chi connectivity index (χ1v) is 10.7. The van der Waals surface area contributed by atoms with E-state index in [1.165, 1.54) is 32.1 Å². The van der Waals surface area contributed by atoms with Gasteiger partial charge in [0.25, 0.3) is 0 Å². The van der Waals surface area contributed by atoms with Crippen LogP contribution in [0, 0.1) is 0 Å². The molecule has 2 fully saturated rings. The van der Waals surface area contributed by atoms with Gasteiger partial charge in [-0.15, -0.1) is 0 Å². The van der Waals surface area contributed by atoms with Gasteiger partial charge in [0.05, 0.1) is 12.1 Å². The molecule has 5 nitrogen and oxygen atoms in total. The van der Waals surface area contributed by atoms with Crippen molar-refractivity contribution < 1.29 is 9.59 Å². The van der Waals surface area contributed by atoms with Crippen molar-refractivity contribution in [1.82, 2.24) is 16.0 Å². The van der Waals surface area contributed by atoms with E-state index in [4.69, 9.17) is 0 Å². The summed E-state index contributed by atoms with van der Waals surface area (Å²) >= 11 is 1.94. The maximum atomic E-state index is 11.8. The van der Waals surface area contributed by atoms with Gasteiger partial charge in [-0.1, -0.05) is 45.4 Å². The van der Waals surface area contributed by atoms with Crippen LogP contribution in [0.5, 0.6) is 0 Å². The van der Waals surface area contributed by atoms with E-state index < -0.39 is 0 Å². The van der Waals surface area contributed by atoms with Crippen LogP contribution >= 0.6 is 11.8 Å². The molecule has 2 saturated heterocycles. The molecule has 0 aliphatic carbocycles. The van der Waals surface area contributed by atoms with Crippen molar-refractivity contribution in [3.05, 3.63) is 0 Å². The summed E-state index contributed by atoms with van der Waals surface area (Å²) in [6, 6.07) is 0.557. The van der Waals surface area contributed by atoms with Crippen molar-refractivity contribution in [3.63, 3.8) is 0 Å². The Morgan fingerprint density at radius 1 is 1.12 bits per heavy atom. The molecule has 0 aromatic rings. The van der Waals surface area contributed by atoms with Crippen molar-refractivity contribution in [2.45, 2.75) is 88.5 Å². The minimum atomic E-state index is -0.0237. The normalized spacial score (nSPS) is 25.2. The first-order valence-electron chi connectivity index (χ1n) is 9.66. The highest BCUT2D eigenvalue weighted by molar-refractivity contribution is 8.00. The number of amides is 3. The number of fused-ring (bicyclic) bond motifs is 1. The van der Waals surface area contributed by atoms with Gasteiger partial charge >= 0.3 is 6.03 Å². The number of unbranched alkanes of at least 4 members (excludes halogenated alkanes) is 6. The van der Waals surface area contributed by atoms with Gasteiger partial charge in [-0.25, -0.2) is 4.79 Å². The van der Waals surface area contributed by atoms with E-state index in [0.717, 1.165) is 38.0 Å². The Hall–Kier alpha value is -0.910. The van der Waals surface area contributed by atoms with Crippen LogP contribution in [0.15, 0.2) is 0 Å². The smallest absolute Gasteiger partial charge is 0.315 e. The minimum absolute atomic E-state index is 0.0237. The quantitative estimate of drug-likeness (QED) is 0.372. The van der Waals surface area contributed by atoms with E-state index in [-0.39, 0.29) is 18.0 Å². The molecule has 6 heteroatoms. The summed E-state index contributed by atoms with van der Waals surface area (Å²) in [5.74, 6) is 1.20. The molecule has 0 saturated carbocycles. The van der Waals surface area contributed by atoms with Crippen LogP contribution in [0.1, 0.15) is 71.1 Å². The summed E-state index contributed by atoms with van der Waals surface area (Å²) in [4.78, 5) is 23.2. The topological polar surface area (TPSA) is 70.2 Å². The second-order valence-electron chi connectivity index (χ2n) is 6.99. The number of carbonyl (C=O) groups is 2. The van der Waals surface area contributed by atoms with Crippen LogP contribution in [0.2, 0.25) is 0 Å². The van der Waals surface area contributed by atoms with E-state index >= 15 is 0 Å². The molecule has 3 atom stereocenters. The van der Waals surface area contributed by atoms with Gasteiger partial charge < -0.3 is 16.0 Å². The fraction of sp³-hybridized carbons (Fsp3) is 0.889. The number of urea groups is 1. The van der Waals surface area contributed by atoms with E-state index in [0.29, 0.717) is 17.7 Å². The molecular weight excluding hydrogens is 322 g/mol. The Morgan fingerprint density at radius 2 is 1.92 bits per heavy atom. The number of nitrogens with one attached hydrogen (secondary N) is 3. The summed E-state index contributed by atoms with van der Waals surface area (Å²) < 4.78 is 0. The highest BCUT2D eigenvalue weighted by Gasteiger charge is 2.42. The largest absolute Gasteiger partial charge is 0.356 e. The lowest BCUT2D eigenvalue weighted by Crippen LogP contribution is -2.36. The molecule has 0 aromatic carbocycles. The fourth-order valence-corrected chi connectivity index (χ4v) is 5.04. The zero-order chi connectivity index (χ0) is 17.2. The fourth-order valence-electron chi connectivity index (χ4n) is 3.50. The molecule has 0 radical (unpaired) electrons. The average molecular weight is 356 g/mol. The molecule has 2 aliphatic heterocycles. The molecule has 2 rings (SSSR count). The highest BCUT2D eigenvalue weighted by atomic mass is 32.2. The van der Waals surface area contributed by atoms with E-state index in [9.17, 15) is 9.59 Å². The van der Waals surface area contributed by atoms with E-state index in [1.54, 1.807) is 0 Å². The van der Waals surface area contributed by atoms with Crippen LogP contribution < -0.4 is 16.0 Å². The lowest BCUT2D eigenvalue weighted by molar-refractivity contribution is -0.121. The second kappa shape index (κ2) is 10.9. The number of rotatable bonds is 12. The van der Waals surface area contributed by atoms with Crippen LogP contribution in [0.3, 0.4) is 0 Å². The van der Waals surface area contributed by atoms with Crippen LogP contribution in [0.25, 0.3) is 0 Å². The van der Waals surface area contributed by atoms with E-state index in [1.807, 2.05) is 11.8 Å². The standard InChI is InChI=1S/C18H33N3O2S/c1-2-3-4-5-6-9-12-19-16(22)11-8-7-10-15-17-14(13-24-15)20-18(23)21-17/h14-15,17H,2-13H2,1H3,(H,19,22)(H2,20,21,23)/t14?,15-,17?/m0/s1.